The smallest absolute Gasteiger partial charge is 0.259 e. The van der Waals surface area contributed by atoms with Gasteiger partial charge in [0.2, 0.25) is 0 Å². The van der Waals surface area contributed by atoms with Gasteiger partial charge < -0.3 is 0 Å². The van der Waals surface area contributed by atoms with E-state index in [1.165, 1.54) is 5.92 Å². The van der Waals surface area contributed by atoms with Crippen molar-refractivity contribution in [2.45, 2.75) is 6.30 Å². The van der Waals surface area contributed by atoms with Crippen molar-refractivity contribution in [3.8, 4) is 12.3 Å². The molecule has 0 bridgehead atoms. The highest BCUT2D eigenvalue weighted by molar-refractivity contribution is 5.92. The monoisotopic (exact) mass is 137 g/mol. The van der Waals surface area contributed by atoms with Crippen molar-refractivity contribution in [2.24, 2.45) is 0 Å². The van der Waals surface area contributed by atoms with Gasteiger partial charge in [0.1, 0.15) is 0 Å². The van der Waals surface area contributed by atoms with E-state index in [1.54, 1.807) is 0 Å². The number of hydrogen-bond acceptors (Lipinski definition) is 1. The molecule has 0 aliphatic heterocycles. The summed E-state index contributed by atoms with van der Waals surface area (Å²) in [5, 5.41) is 0.594. The van der Waals surface area contributed by atoms with Gasteiger partial charge in [-0.2, -0.15) is 13.2 Å². The molecule has 0 rings (SSSR count). The van der Waals surface area contributed by atoms with Crippen LogP contribution in [0.3, 0.4) is 0 Å². The van der Waals surface area contributed by atoms with E-state index in [9.17, 15) is 18.0 Å². The number of carbonyl (C=O) groups is 1. The largest absolute Gasteiger partial charge is 0.485 e. The summed E-state index contributed by atoms with van der Waals surface area (Å²) in [6.07, 6.45) is -0.402. The predicted molar refractivity (Wildman–Crippen MR) is 23.0 cm³/mol. The quantitative estimate of drug-likeness (QED) is 0.376. The molecule has 0 atom stereocenters. The molecule has 1 N–H and O–H groups in total. The molecular formula is C4H2F3NO. The standard InChI is InChI=1S/C4H2F3NO/c1-2-3(9)8-4(5,6)7/h1H,(H,8,9). The molecule has 1 amide bonds. The molecule has 0 aromatic carbocycles. The maximum atomic E-state index is 11.1. The van der Waals surface area contributed by atoms with E-state index < -0.39 is 12.2 Å². The molecule has 0 spiro atoms. The van der Waals surface area contributed by atoms with E-state index in [2.05, 4.69) is 6.42 Å². The number of rotatable bonds is 0. The van der Waals surface area contributed by atoms with Crippen molar-refractivity contribution in [1.29, 1.82) is 0 Å². The lowest BCUT2D eigenvalue weighted by molar-refractivity contribution is -0.166. The lowest BCUT2D eigenvalue weighted by atomic mass is 10.6. The molecule has 9 heavy (non-hydrogen) atoms. The van der Waals surface area contributed by atoms with Crippen LogP contribution in [0.4, 0.5) is 13.2 Å². The average Bonchev–Trinajstić information content (AvgIpc) is 1.62. The topological polar surface area (TPSA) is 29.1 Å². The molecule has 0 aromatic rings. The summed E-state index contributed by atoms with van der Waals surface area (Å²) in [4.78, 5) is 9.76. The van der Waals surface area contributed by atoms with Crippen LogP contribution >= 0.6 is 0 Å². The first kappa shape index (κ1) is 7.82. The molecule has 5 heteroatoms. The fourth-order valence-electron chi connectivity index (χ4n) is 0.165. The number of terminal acetylenes is 1. The number of carbonyl (C=O) groups excluding carboxylic acids is 1. The summed E-state index contributed by atoms with van der Waals surface area (Å²) in [5.74, 6) is -0.232. The van der Waals surface area contributed by atoms with E-state index in [1.807, 2.05) is 0 Å². The lowest BCUT2D eigenvalue weighted by Crippen LogP contribution is -2.36. The zero-order chi connectivity index (χ0) is 7.49. The van der Waals surface area contributed by atoms with Gasteiger partial charge in [-0.15, -0.1) is 6.42 Å². The highest BCUT2D eigenvalue weighted by atomic mass is 19.4. The Morgan fingerprint density at radius 2 is 2.00 bits per heavy atom. The van der Waals surface area contributed by atoms with Crippen LogP contribution in [0.1, 0.15) is 0 Å². The fraction of sp³-hybridized carbons (Fsp3) is 0.250. The molecule has 0 saturated heterocycles. The van der Waals surface area contributed by atoms with Gasteiger partial charge in [0.15, 0.2) is 0 Å². The molecule has 50 valence electrons. The van der Waals surface area contributed by atoms with Gasteiger partial charge in [-0.05, 0) is 5.92 Å². The van der Waals surface area contributed by atoms with Gasteiger partial charge in [0.05, 0.1) is 0 Å². The molecule has 0 unspecified atom stereocenters. The first-order valence-corrected chi connectivity index (χ1v) is 1.81. The van der Waals surface area contributed by atoms with Crippen LogP contribution in [0.2, 0.25) is 0 Å². The third-order valence-electron chi connectivity index (χ3n) is 0.386. The number of hydrogen-bond donors (Lipinski definition) is 1. The number of alkyl halides is 3. The van der Waals surface area contributed by atoms with Crippen molar-refractivity contribution in [3.05, 3.63) is 0 Å². The zero-order valence-electron chi connectivity index (χ0n) is 4.12. The van der Waals surface area contributed by atoms with E-state index in [-0.39, 0.29) is 0 Å². The Bertz CT molecular complexity index is 154. The SMILES string of the molecule is C#CC(=O)NC(F)(F)F. The third kappa shape index (κ3) is 4.68. The average molecular weight is 137 g/mol. The molecule has 0 fully saturated rings. The summed E-state index contributed by atoms with van der Waals surface area (Å²) in [7, 11) is 0. The minimum atomic E-state index is -4.72. The van der Waals surface area contributed by atoms with Crippen LogP contribution in [0.25, 0.3) is 0 Å². The second-order valence-electron chi connectivity index (χ2n) is 1.10. The van der Waals surface area contributed by atoms with Crippen molar-refractivity contribution in [3.63, 3.8) is 0 Å². The second-order valence-corrected chi connectivity index (χ2v) is 1.10. The Morgan fingerprint density at radius 3 is 2.11 bits per heavy atom. The fourth-order valence-corrected chi connectivity index (χ4v) is 0.165. The Balaban J connectivity index is 3.78. The normalized spacial score (nSPS) is 10.0. The minimum Gasteiger partial charge on any atom is -0.259 e. The molecule has 0 radical (unpaired) electrons. The minimum absolute atomic E-state index is 0.594. The highest BCUT2D eigenvalue weighted by Crippen LogP contribution is 2.08. The molecule has 0 aliphatic rings. The van der Waals surface area contributed by atoms with Crippen molar-refractivity contribution >= 4 is 5.91 Å². The Kier molecular flexibility index (Phi) is 2.08. The Hall–Kier alpha value is -1.18. The second kappa shape index (κ2) is 2.40. The first-order valence-electron chi connectivity index (χ1n) is 1.81. The lowest BCUT2D eigenvalue weighted by Gasteiger charge is -2.02. The molecule has 0 heterocycles. The zero-order valence-corrected chi connectivity index (χ0v) is 4.12. The Labute approximate surface area is 49.0 Å². The molecule has 0 saturated carbocycles. The maximum Gasteiger partial charge on any atom is 0.485 e. The summed E-state index contributed by atoms with van der Waals surface area (Å²) in [6.45, 7) is 0. The van der Waals surface area contributed by atoms with Gasteiger partial charge in [0.25, 0.3) is 0 Å². The maximum absolute atomic E-state index is 11.1. The molecular weight excluding hydrogens is 135 g/mol. The van der Waals surface area contributed by atoms with Crippen molar-refractivity contribution < 1.29 is 18.0 Å². The molecule has 0 aliphatic carbocycles. The van der Waals surface area contributed by atoms with Crippen LogP contribution in [-0.2, 0) is 4.79 Å². The van der Waals surface area contributed by atoms with E-state index in [0.717, 1.165) is 0 Å². The van der Waals surface area contributed by atoms with E-state index >= 15 is 0 Å². The molecule has 0 aromatic heterocycles. The summed E-state index contributed by atoms with van der Waals surface area (Å²) in [6, 6.07) is 0. The van der Waals surface area contributed by atoms with Crippen LogP contribution in [-0.4, -0.2) is 12.2 Å². The van der Waals surface area contributed by atoms with Crippen LogP contribution in [0.15, 0.2) is 0 Å². The highest BCUT2D eigenvalue weighted by Gasteiger charge is 2.28. The van der Waals surface area contributed by atoms with Gasteiger partial charge >= 0.3 is 12.2 Å². The number of halogens is 3. The van der Waals surface area contributed by atoms with Crippen LogP contribution in [0.5, 0.6) is 0 Å². The Morgan fingerprint density at radius 1 is 1.56 bits per heavy atom. The van der Waals surface area contributed by atoms with Gasteiger partial charge in [-0.1, -0.05) is 0 Å². The first-order chi connectivity index (χ1) is 3.95. The van der Waals surface area contributed by atoms with Gasteiger partial charge in [0, 0.05) is 0 Å². The van der Waals surface area contributed by atoms with Gasteiger partial charge in [-0.25, -0.2) is 0 Å². The van der Waals surface area contributed by atoms with E-state index in [0.29, 0.717) is 5.32 Å². The summed E-state index contributed by atoms with van der Waals surface area (Å²) < 4.78 is 33.2. The number of nitrogens with one attached hydrogen (secondary N) is 1. The van der Waals surface area contributed by atoms with E-state index in [4.69, 9.17) is 0 Å². The summed E-state index contributed by atoms with van der Waals surface area (Å²) >= 11 is 0. The van der Waals surface area contributed by atoms with Crippen LogP contribution < -0.4 is 5.32 Å². The predicted octanol–water partition coefficient (Wildman–Crippen LogP) is 0.256. The third-order valence-corrected chi connectivity index (χ3v) is 0.386. The molecule has 2 nitrogen and oxygen atoms in total. The van der Waals surface area contributed by atoms with Crippen molar-refractivity contribution in [2.75, 3.05) is 0 Å². The van der Waals surface area contributed by atoms with Crippen LogP contribution in [0, 0.1) is 12.3 Å². The van der Waals surface area contributed by atoms with Gasteiger partial charge in [-0.3, -0.25) is 10.1 Å². The summed E-state index contributed by atoms with van der Waals surface area (Å²) in [5.41, 5.74) is 0. The number of amides is 1. The van der Waals surface area contributed by atoms with Crippen molar-refractivity contribution in [1.82, 2.24) is 5.32 Å².